The van der Waals surface area contributed by atoms with Crippen molar-refractivity contribution in [3.05, 3.63) is 95.4 Å². The van der Waals surface area contributed by atoms with Gasteiger partial charge in [0.25, 0.3) is 11.8 Å². The van der Waals surface area contributed by atoms with E-state index in [4.69, 9.17) is 4.74 Å². The van der Waals surface area contributed by atoms with Crippen LogP contribution in [0.15, 0.2) is 78.8 Å². The number of amides is 2. The minimum Gasteiger partial charge on any atom is -0.494 e. The number of benzene rings is 2. The van der Waals surface area contributed by atoms with Crippen LogP contribution in [-0.4, -0.2) is 28.3 Å². The van der Waals surface area contributed by atoms with Crippen LogP contribution < -0.4 is 10.1 Å². The number of ether oxygens (including phenoxy) is 1. The van der Waals surface area contributed by atoms with Crippen LogP contribution in [-0.2, 0) is 16.1 Å². The van der Waals surface area contributed by atoms with E-state index in [1.807, 2.05) is 44.2 Å². The Morgan fingerprint density at radius 2 is 1.74 bits per heavy atom. The first-order valence-electron chi connectivity index (χ1n) is 10.1. The Bertz CT molecular complexity index is 1140. The summed E-state index contributed by atoms with van der Waals surface area (Å²) in [6, 6.07) is 18.5. The van der Waals surface area contributed by atoms with Crippen molar-refractivity contribution in [1.82, 2.24) is 9.88 Å². The molecule has 3 aromatic rings. The van der Waals surface area contributed by atoms with E-state index in [0.29, 0.717) is 23.5 Å². The van der Waals surface area contributed by atoms with Crippen molar-refractivity contribution < 1.29 is 14.3 Å². The second-order valence-corrected chi connectivity index (χ2v) is 7.21. The number of nitrogens with zero attached hydrogens (tertiary/aromatic N) is 2. The van der Waals surface area contributed by atoms with E-state index in [1.54, 1.807) is 42.7 Å². The highest BCUT2D eigenvalue weighted by atomic mass is 16.5. The maximum atomic E-state index is 13.4. The molecule has 0 saturated heterocycles. The van der Waals surface area contributed by atoms with Gasteiger partial charge in [-0.15, -0.1) is 0 Å². The van der Waals surface area contributed by atoms with Crippen molar-refractivity contribution in [2.75, 3.05) is 11.9 Å². The summed E-state index contributed by atoms with van der Waals surface area (Å²) in [6.45, 7) is 4.58. The molecule has 1 aliphatic rings. The van der Waals surface area contributed by atoms with E-state index in [2.05, 4.69) is 10.3 Å². The van der Waals surface area contributed by atoms with Crippen LogP contribution in [0.3, 0.4) is 0 Å². The van der Waals surface area contributed by atoms with Gasteiger partial charge >= 0.3 is 0 Å². The van der Waals surface area contributed by atoms with Gasteiger partial charge in [-0.3, -0.25) is 19.5 Å². The summed E-state index contributed by atoms with van der Waals surface area (Å²) in [6.07, 6.45) is 3.32. The van der Waals surface area contributed by atoms with Gasteiger partial charge in [-0.25, -0.2) is 0 Å². The highest BCUT2D eigenvalue weighted by Crippen LogP contribution is 2.32. The molecule has 6 heteroatoms. The van der Waals surface area contributed by atoms with Gasteiger partial charge in [-0.1, -0.05) is 36.4 Å². The first-order chi connectivity index (χ1) is 15.1. The average molecular weight is 413 g/mol. The average Bonchev–Trinajstić information content (AvgIpc) is 3.01. The van der Waals surface area contributed by atoms with E-state index in [1.165, 1.54) is 4.90 Å². The highest BCUT2D eigenvalue weighted by Gasteiger charge is 2.39. The van der Waals surface area contributed by atoms with E-state index in [0.717, 1.165) is 16.8 Å². The number of carbonyl (C=O) groups is 2. The summed E-state index contributed by atoms with van der Waals surface area (Å²) >= 11 is 0. The van der Waals surface area contributed by atoms with Crippen LogP contribution >= 0.6 is 0 Å². The fraction of sp³-hybridized carbons (Fsp3) is 0.160. The summed E-state index contributed by atoms with van der Waals surface area (Å²) in [7, 11) is 0. The molecule has 1 aromatic heterocycles. The van der Waals surface area contributed by atoms with Gasteiger partial charge in [0.05, 0.1) is 18.7 Å². The van der Waals surface area contributed by atoms with Gasteiger partial charge in [0.15, 0.2) is 0 Å². The second kappa shape index (κ2) is 8.83. The molecule has 156 valence electrons. The Kier molecular flexibility index (Phi) is 5.80. The third-order valence-electron chi connectivity index (χ3n) is 5.09. The predicted octanol–water partition coefficient (Wildman–Crippen LogP) is 4.18. The summed E-state index contributed by atoms with van der Waals surface area (Å²) in [5.74, 6) is 0.0133. The molecule has 2 aromatic carbocycles. The van der Waals surface area contributed by atoms with Crippen molar-refractivity contribution in [1.29, 1.82) is 0 Å². The third kappa shape index (κ3) is 4.19. The summed E-state index contributed by atoms with van der Waals surface area (Å²) < 4.78 is 5.51. The van der Waals surface area contributed by atoms with E-state index in [9.17, 15) is 9.59 Å². The lowest BCUT2D eigenvalue weighted by molar-refractivity contribution is -0.137. The molecule has 0 radical (unpaired) electrons. The van der Waals surface area contributed by atoms with Crippen LogP contribution in [0.1, 0.15) is 23.6 Å². The standard InChI is InChI=1S/C25H23N3O3/c1-3-31-20-12-10-19(11-13-20)22-23(27-21-9-5-4-7-17(21)2)25(30)28(24(22)29)16-18-8-6-14-26-15-18/h4-15,27H,3,16H2,1-2H3. The number of aromatic nitrogens is 1. The van der Waals surface area contributed by atoms with Crippen molar-refractivity contribution in [3.8, 4) is 5.75 Å². The lowest BCUT2D eigenvalue weighted by Gasteiger charge is -2.15. The van der Waals surface area contributed by atoms with E-state index < -0.39 is 0 Å². The number of imide groups is 1. The molecule has 31 heavy (non-hydrogen) atoms. The Hall–Kier alpha value is -3.93. The molecule has 0 fully saturated rings. The molecule has 1 aliphatic heterocycles. The van der Waals surface area contributed by atoms with Crippen molar-refractivity contribution in [3.63, 3.8) is 0 Å². The number of nitrogens with one attached hydrogen (secondary N) is 1. The van der Waals surface area contributed by atoms with Crippen LogP contribution in [0, 0.1) is 6.92 Å². The summed E-state index contributed by atoms with van der Waals surface area (Å²) in [5, 5.41) is 3.21. The summed E-state index contributed by atoms with van der Waals surface area (Å²) in [5.41, 5.74) is 3.82. The molecular formula is C25H23N3O3. The zero-order chi connectivity index (χ0) is 21.8. The molecule has 0 spiro atoms. The lowest BCUT2D eigenvalue weighted by atomic mass is 10.0. The molecule has 2 heterocycles. The quantitative estimate of drug-likeness (QED) is 0.589. The molecule has 4 rings (SSSR count). The number of anilines is 1. The van der Waals surface area contributed by atoms with E-state index >= 15 is 0 Å². The molecule has 0 unspecified atom stereocenters. The molecule has 0 saturated carbocycles. The smallest absolute Gasteiger partial charge is 0.278 e. The predicted molar refractivity (Wildman–Crippen MR) is 119 cm³/mol. The van der Waals surface area contributed by atoms with Crippen LogP contribution in [0.5, 0.6) is 5.75 Å². The molecular weight excluding hydrogens is 390 g/mol. The molecule has 0 aliphatic carbocycles. The van der Waals surface area contributed by atoms with Crippen LogP contribution in [0.25, 0.3) is 5.57 Å². The third-order valence-corrected chi connectivity index (χ3v) is 5.09. The van der Waals surface area contributed by atoms with Crippen molar-refractivity contribution in [2.45, 2.75) is 20.4 Å². The Morgan fingerprint density at radius 3 is 2.42 bits per heavy atom. The number of pyridine rings is 1. The lowest BCUT2D eigenvalue weighted by Crippen LogP contribution is -2.32. The number of carbonyl (C=O) groups excluding carboxylic acids is 2. The number of hydrogen-bond donors (Lipinski definition) is 1. The van der Waals surface area contributed by atoms with Crippen molar-refractivity contribution in [2.24, 2.45) is 0 Å². The maximum Gasteiger partial charge on any atom is 0.278 e. The van der Waals surface area contributed by atoms with E-state index in [-0.39, 0.29) is 24.1 Å². The zero-order valence-corrected chi connectivity index (χ0v) is 17.5. The van der Waals surface area contributed by atoms with Crippen molar-refractivity contribution >= 4 is 23.1 Å². The topological polar surface area (TPSA) is 71.5 Å². The first-order valence-corrected chi connectivity index (χ1v) is 10.1. The normalized spacial score (nSPS) is 13.7. The van der Waals surface area contributed by atoms with Gasteiger partial charge < -0.3 is 10.1 Å². The first kappa shape index (κ1) is 20.3. The van der Waals surface area contributed by atoms with Gasteiger partial charge in [0, 0.05) is 18.1 Å². The number of para-hydroxylation sites is 1. The maximum absolute atomic E-state index is 13.4. The molecule has 2 amide bonds. The minimum atomic E-state index is -0.360. The second-order valence-electron chi connectivity index (χ2n) is 7.21. The van der Waals surface area contributed by atoms with Crippen LogP contribution in [0.2, 0.25) is 0 Å². The minimum absolute atomic E-state index is 0.158. The molecule has 6 nitrogen and oxygen atoms in total. The zero-order valence-electron chi connectivity index (χ0n) is 17.5. The molecule has 1 N–H and O–H groups in total. The SMILES string of the molecule is CCOc1ccc(C2=C(Nc3ccccc3C)C(=O)N(Cc3cccnc3)C2=O)cc1. The van der Waals surface area contributed by atoms with Gasteiger partial charge in [-0.05, 0) is 54.8 Å². The Labute approximate surface area is 181 Å². The number of aryl methyl sites for hydroxylation is 1. The van der Waals surface area contributed by atoms with Gasteiger partial charge in [0.1, 0.15) is 11.4 Å². The number of hydrogen-bond acceptors (Lipinski definition) is 5. The fourth-order valence-corrected chi connectivity index (χ4v) is 3.51. The highest BCUT2D eigenvalue weighted by molar-refractivity contribution is 6.36. The fourth-order valence-electron chi connectivity index (χ4n) is 3.51. The molecule has 0 bridgehead atoms. The largest absolute Gasteiger partial charge is 0.494 e. The van der Waals surface area contributed by atoms with Gasteiger partial charge in [-0.2, -0.15) is 0 Å². The number of rotatable bonds is 7. The Balaban J connectivity index is 1.74. The van der Waals surface area contributed by atoms with Gasteiger partial charge in [0.2, 0.25) is 0 Å². The summed E-state index contributed by atoms with van der Waals surface area (Å²) in [4.78, 5) is 32.0. The van der Waals surface area contributed by atoms with Crippen LogP contribution in [0.4, 0.5) is 5.69 Å². The molecule has 0 atom stereocenters. The monoisotopic (exact) mass is 413 g/mol. The Morgan fingerprint density at radius 1 is 0.968 bits per heavy atom.